The van der Waals surface area contributed by atoms with Crippen LogP contribution in [0.4, 0.5) is 5.69 Å². The van der Waals surface area contributed by atoms with Gasteiger partial charge in [-0.3, -0.25) is 4.98 Å². The molecule has 1 aromatic carbocycles. The van der Waals surface area contributed by atoms with E-state index < -0.39 is 5.60 Å². The van der Waals surface area contributed by atoms with E-state index in [1.54, 1.807) is 13.8 Å². The molecule has 0 radical (unpaired) electrons. The summed E-state index contributed by atoms with van der Waals surface area (Å²) in [5, 5.41) is 17.8. The molecule has 1 aliphatic heterocycles. The van der Waals surface area contributed by atoms with E-state index in [0.29, 0.717) is 18.4 Å². The third kappa shape index (κ3) is 6.72. The van der Waals surface area contributed by atoms with Crippen LogP contribution in [-0.2, 0) is 0 Å². The number of halogens is 1. The Balaban J connectivity index is 0.000000336. The molecule has 182 valence electrons. The number of hydrogen-bond acceptors (Lipinski definition) is 7. The van der Waals surface area contributed by atoms with Gasteiger partial charge in [0.05, 0.1) is 11.1 Å². The fourth-order valence-corrected chi connectivity index (χ4v) is 4.45. The molecule has 1 aliphatic carbocycles. The summed E-state index contributed by atoms with van der Waals surface area (Å²) in [6, 6.07) is 10.1. The zero-order chi connectivity index (χ0) is 24.3. The number of piperazine rings is 1. The van der Waals surface area contributed by atoms with E-state index in [1.807, 2.05) is 31.3 Å². The monoisotopic (exact) mass is 526 g/mol. The number of nitrogens with zero attached hydrogens (tertiary/aromatic N) is 4. The molecular formula is C26H35BrN6O. The van der Waals surface area contributed by atoms with Crippen LogP contribution in [0.3, 0.4) is 0 Å². The van der Waals surface area contributed by atoms with Gasteiger partial charge in [0.25, 0.3) is 0 Å². The number of aryl methyl sites for hydroxylation is 1. The quantitative estimate of drug-likeness (QED) is 0.461. The van der Waals surface area contributed by atoms with Crippen LogP contribution in [0, 0.1) is 6.92 Å². The van der Waals surface area contributed by atoms with E-state index in [1.165, 1.54) is 13.1 Å². The molecule has 0 bridgehead atoms. The highest BCUT2D eigenvalue weighted by atomic mass is 79.9. The van der Waals surface area contributed by atoms with Crippen molar-refractivity contribution in [2.45, 2.75) is 44.6 Å². The van der Waals surface area contributed by atoms with Gasteiger partial charge in [0, 0.05) is 77.7 Å². The second-order valence-electron chi connectivity index (χ2n) is 9.98. The fourth-order valence-electron chi connectivity index (χ4n) is 4.10. The zero-order valence-corrected chi connectivity index (χ0v) is 22.1. The molecule has 8 heteroatoms. The highest BCUT2D eigenvalue weighted by Crippen LogP contribution is 2.53. The molecule has 5 rings (SSSR count). The maximum atomic E-state index is 10.1. The summed E-state index contributed by atoms with van der Waals surface area (Å²) in [6.07, 6.45) is 2.84. The van der Waals surface area contributed by atoms with E-state index in [2.05, 4.69) is 60.6 Å². The van der Waals surface area contributed by atoms with Gasteiger partial charge in [-0.2, -0.15) is 0 Å². The molecule has 3 aromatic rings. The molecule has 1 saturated heterocycles. The van der Waals surface area contributed by atoms with Crippen LogP contribution in [-0.4, -0.2) is 70.3 Å². The van der Waals surface area contributed by atoms with Crippen molar-refractivity contribution < 1.29 is 5.11 Å². The first-order valence-corrected chi connectivity index (χ1v) is 12.7. The standard InChI is InChI=1S/C21H23BrN4O.C5H12N2/c1-12-6-7-23-20(25-12)16-9-15(16)19-10-17(24-11-21(2,3)27)14-5-4-13(22)8-18(14)26-19;1-7-4-2-6-3-5-7/h4-8,10,15-16,27H,9,11H2,1-3H3,(H,24,26);6H,2-5H2,1H3/t15-,16-;/m0./s1. The number of aliphatic hydroxyl groups is 1. The lowest BCUT2D eigenvalue weighted by atomic mass is 10.1. The van der Waals surface area contributed by atoms with Crippen molar-refractivity contribution in [2.24, 2.45) is 0 Å². The Bertz CT molecular complexity index is 1130. The highest BCUT2D eigenvalue weighted by molar-refractivity contribution is 9.10. The van der Waals surface area contributed by atoms with Crippen LogP contribution < -0.4 is 10.6 Å². The molecule has 2 atom stereocenters. The molecule has 3 heterocycles. The van der Waals surface area contributed by atoms with E-state index >= 15 is 0 Å². The lowest BCUT2D eigenvalue weighted by Crippen LogP contribution is -2.40. The Morgan fingerprint density at radius 3 is 2.56 bits per heavy atom. The fraction of sp³-hybridized carbons (Fsp3) is 0.500. The molecule has 2 aliphatic rings. The minimum atomic E-state index is -0.789. The summed E-state index contributed by atoms with van der Waals surface area (Å²) in [5.41, 5.74) is 3.20. The number of fused-ring (bicyclic) bond motifs is 1. The topological polar surface area (TPSA) is 86.2 Å². The number of nitrogens with one attached hydrogen (secondary N) is 2. The van der Waals surface area contributed by atoms with Crippen LogP contribution in [0.5, 0.6) is 0 Å². The molecule has 7 nitrogen and oxygen atoms in total. The van der Waals surface area contributed by atoms with E-state index in [4.69, 9.17) is 4.98 Å². The molecule has 34 heavy (non-hydrogen) atoms. The van der Waals surface area contributed by atoms with Crippen LogP contribution in [0.15, 0.2) is 41.0 Å². The minimum absolute atomic E-state index is 0.323. The number of hydrogen-bond donors (Lipinski definition) is 3. The van der Waals surface area contributed by atoms with Gasteiger partial charge in [0.15, 0.2) is 0 Å². The summed E-state index contributed by atoms with van der Waals surface area (Å²) in [5.74, 6) is 1.56. The summed E-state index contributed by atoms with van der Waals surface area (Å²) in [6.45, 7) is 10.8. The average Bonchev–Trinajstić information content (AvgIpc) is 3.59. The van der Waals surface area contributed by atoms with Crippen LogP contribution >= 0.6 is 15.9 Å². The molecule has 2 aromatic heterocycles. The predicted molar refractivity (Wildman–Crippen MR) is 141 cm³/mol. The lowest BCUT2D eigenvalue weighted by molar-refractivity contribution is 0.0945. The predicted octanol–water partition coefficient (Wildman–Crippen LogP) is 4.07. The van der Waals surface area contributed by atoms with Gasteiger partial charge >= 0.3 is 0 Å². The van der Waals surface area contributed by atoms with Gasteiger partial charge in [-0.25, -0.2) is 9.97 Å². The lowest BCUT2D eigenvalue weighted by Gasteiger charge is -2.21. The Kier molecular flexibility index (Phi) is 7.82. The Morgan fingerprint density at radius 1 is 1.15 bits per heavy atom. The molecule has 2 fully saturated rings. The SMILES string of the molecule is CN1CCNCC1.Cc1ccnc([C@H]2C[C@@H]2c2cc(NCC(C)(C)O)c3ccc(Br)cc3n2)n1. The summed E-state index contributed by atoms with van der Waals surface area (Å²) >= 11 is 3.54. The molecule has 0 amide bonds. The summed E-state index contributed by atoms with van der Waals surface area (Å²) in [7, 11) is 2.15. The largest absolute Gasteiger partial charge is 0.389 e. The summed E-state index contributed by atoms with van der Waals surface area (Å²) in [4.78, 5) is 16.3. The minimum Gasteiger partial charge on any atom is -0.389 e. The van der Waals surface area contributed by atoms with Crippen LogP contribution in [0.1, 0.15) is 49.3 Å². The van der Waals surface area contributed by atoms with Crippen molar-refractivity contribution in [1.29, 1.82) is 0 Å². The third-order valence-electron chi connectivity index (χ3n) is 6.16. The number of rotatable bonds is 5. The first kappa shape index (κ1) is 25.0. The second kappa shape index (κ2) is 10.6. The molecule has 1 saturated carbocycles. The van der Waals surface area contributed by atoms with E-state index in [9.17, 15) is 5.11 Å². The number of pyridine rings is 1. The Morgan fingerprint density at radius 2 is 1.91 bits per heavy atom. The number of anilines is 1. The van der Waals surface area contributed by atoms with Gasteiger partial charge in [-0.15, -0.1) is 0 Å². The smallest absolute Gasteiger partial charge is 0.132 e. The van der Waals surface area contributed by atoms with Crippen LogP contribution in [0.25, 0.3) is 10.9 Å². The summed E-state index contributed by atoms with van der Waals surface area (Å²) < 4.78 is 1.00. The third-order valence-corrected chi connectivity index (χ3v) is 6.65. The molecule has 0 unspecified atom stereocenters. The second-order valence-corrected chi connectivity index (χ2v) is 10.9. The number of aromatic nitrogens is 3. The van der Waals surface area contributed by atoms with E-state index in [-0.39, 0.29) is 0 Å². The van der Waals surface area contributed by atoms with Gasteiger partial charge < -0.3 is 20.6 Å². The first-order valence-electron chi connectivity index (χ1n) is 11.9. The van der Waals surface area contributed by atoms with Crippen LogP contribution in [0.2, 0.25) is 0 Å². The number of benzene rings is 1. The zero-order valence-electron chi connectivity index (χ0n) is 20.5. The van der Waals surface area contributed by atoms with Gasteiger partial charge in [0.2, 0.25) is 0 Å². The highest BCUT2D eigenvalue weighted by Gasteiger charge is 2.43. The first-order chi connectivity index (χ1) is 16.2. The Hall–Kier alpha value is -2.13. The molecular weight excluding hydrogens is 492 g/mol. The number of likely N-dealkylation sites (N-methyl/N-ethyl adjacent to an activating group) is 1. The van der Waals surface area contributed by atoms with Crippen molar-refractivity contribution in [3.05, 3.63) is 58.2 Å². The average molecular weight is 528 g/mol. The van der Waals surface area contributed by atoms with Crippen molar-refractivity contribution in [3.63, 3.8) is 0 Å². The van der Waals surface area contributed by atoms with Gasteiger partial charge in [-0.1, -0.05) is 15.9 Å². The maximum Gasteiger partial charge on any atom is 0.132 e. The van der Waals surface area contributed by atoms with Gasteiger partial charge in [0.1, 0.15) is 5.82 Å². The van der Waals surface area contributed by atoms with E-state index in [0.717, 1.165) is 57.8 Å². The van der Waals surface area contributed by atoms with Crippen molar-refractivity contribution in [1.82, 2.24) is 25.2 Å². The van der Waals surface area contributed by atoms with Crippen molar-refractivity contribution in [3.8, 4) is 0 Å². The maximum absolute atomic E-state index is 10.1. The normalized spacial score (nSPS) is 20.5. The van der Waals surface area contributed by atoms with Crippen molar-refractivity contribution in [2.75, 3.05) is 45.1 Å². The van der Waals surface area contributed by atoms with Gasteiger partial charge in [-0.05, 0) is 64.6 Å². The Labute approximate surface area is 210 Å². The molecule has 0 spiro atoms. The molecule has 3 N–H and O–H groups in total. The van der Waals surface area contributed by atoms with Crippen molar-refractivity contribution >= 4 is 32.5 Å².